The molecule has 5 rings (SSSR count). The number of fused-ring (bicyclic) bond motifs is 4. The molecule has 0 atom stereocenters. The lowest BCUT2D eigenvalue weighted by molar-refractivity contribution is 0.287. The van der Waals surface area contributed by atoms with E-state index >= 15 is 0 Å². The molecule has 0 spiro atoms. The molecule has 0 fully saturated rings. The summed E-state index contributed by atoms with van der Waals surface area (Å²) in [4.78, 5) is 14.5. The van der Waals surface area contributed by atoms with Crippen molar-refractivity contribution in [1.29, 1.82) is 0 Å². The van der Waals surface area contributed by atoms with E-state index in [-0.39, 0.29) is 5.63 Å². The molecule has 2 aliphatic rings. The molecule has 28 heavy (non-hydrogen) atoms. The van der Waals surface area contributed by atoms with E-state index in [2.05, 4.69) is 11.0 Å². The monoisotopic (exact) mass is 415 g/mol. The summed E-state index contributed by atoms with van der Waals surface area (Å²) in [7, 11) is 0. The Balaban J connectivity index is 1.64. The molecule has 2 heterocycles. The Labute approximate surface area is 172 Å². The average Bonchev–Trinajstić information content (AvgIpc) is 2.69. The molecule has 1 aliphatic carbocycles. The van der Waals surface area contributed by atoms with Gasteiger partial charge < -0.3 is 14.1 Å². The summed E-state index contributed by atoms with van der Waals surface area (Å²) in [5.74, 6) is 0.799. The minimum absolute atomic E-state index is 0.198. The van der Waals surface area contributed by atoms with Gasteiger partial charge in [0.1, 0.15) is 11.3 Å². The molecule has 0 radical (unpaired) electrons. The SMILES string of the molecule is Cc1c2c(cc3c4c(c(=O)oc13)CCCC4)CN(c1ccc(Cl)cc1Cl)CO2. The summed E-state index contributed by atoms with van der Waals surface area (Å²) in [5, 5.41) is 2.24. The van der Waals surface area contributed by atoms with Crippen LogP contribution in [0.1, 0.15) is 35.1 Å². The third-order valence-electron chi connectivity index (χ3n) is 5.75. The van der Waals surface area contributed by atoms with Gasteiger partial charge in [0.05, 0.1) is 10.7 Å². The highest BCUT2D eigenvalue weighted by atomic mass is 35.5. The van der Waals surface area contributed by atoms with Crippen LogP contribution in [0.2, 0.25) is 10.0 Å². The Morgan fingerprint density at radius 1 is 1.07 bits per heavy atom. The molecule has 1 aliphatic heterocycles. The van der Waals surface area contributed by atoms with Crippen LogP contribution in [0.3, 0.4) is 0 Å². The molecule has 0 bridgehead atoms. The van der Waals surface area contributed by atoms with Gasteiger partial charge in [-0.25, -0.2) is 4.79 Å². The van der Waals surface area contributed by atoms with Gasteiger partial charge >= 0.3 is 5.63 Å². The minimum Gasteiger partial charge on any atom is -0.472 e. The zero-order valence-corrected chi connectivity index (χ0v) is 17.0. The van der Waals surface area contributed by atoms with Gasteiger partial charge in [0.25, 0.3) is 0 Å². The summed E-state index contributed by atoms with van der Waals surface area (Å²) in [6, 6.07) is 7.61. The van der Waals surface area contributed by atoms with E-state index in [1.165, 1.54) is 0 Å². The van der Waals surface area contributed by atoms with Crippen molar-refractivity contribution in [2.45, 2.75) is 39.2 Å². The van der Waals surface area contributed by atoms with Gasteiger partial charge in [0, 0.05) is 33.6 Å². The molecule has 4 nitrogen and oxygen atoms in total. The number of hydrogen-bond acceptors (Lipinski definition) is 4. The van der Waals surface area contributed by atoms with Crippen LogP contribution in [0.5, 0.6) is 5.75 Å². The van der Waals surface area contributed by atoms with Crippen molar-refractivity contribution in [1.82, 2.24) is 0 Å². The molecule has 3 aromatic rings. The van der Waals surface area contributed by atoms with E-state index < -0.39 is 0 Å². The summed E-state index contributed by atoms with van der Waals surface area (Å²) in [6.07, 6.45) is 3.86. The van der Waals surface area contributed by atoms with Crippen molar-refractivity contribution in [2.24, 2.45) is 0 Å². The van der Waals surface area contributed by atoms with Crippen LogP contribution < -0.4 is 15.3 Å². The Morgan fingerprint density at radius 3 is 2.64 bits per heavy atom. The molecule has 144 valence electrons. The first-order chi connectivity index (χ1) is 13.5. The Kier molecular flexibility index (Phi) is 4.29. The van der Waals surface area contributed by atoms with Gasteiger partial charge in [-0.05, 0) is 62.4 Å². The van der Waals surface area contributed by atoms with E-state index in [1.807, 2.05) is 19.1 Å². The molecular weight excluding hydrogens is 397 g/mol. The van der Waals surface area contributed by atoms with E-state index in [0.29, 0.717) is 28.9 Å². The standard InChI is InChI=1S/C22H19Cl2NO3/c1-12-20-13(10-25(11-27-20)19-7-6-14(23)9-18(19)24)8-17-15-4-2-3-5-16(15)22(26)28-21(12)17/h6-9H,2-5,10-11H2,1H3. The van der Waals surface area contributed by atoms with Crippen molar-refractivity contribution < 1.29 is 9.15 Å². The summed E-state index contributed by atoms with van der Waals surface area (Å²) < 4.78 is 11.8. The first-order valence-corrected chi connectivity index (χ1v) is 10.2. The van der Waals surface area contributed by atoms with Crippen molar-refractivity contribution in [2.75, 3.05) is 11.6 Å². The van der Waals surface area contributed by atoms with E-state index in [1.54, 1.807) is 6.07 Å². The molecular formula is C22H19Cl2NO3. The van der Waals surface area contributed by atoms with Gasteiger partial charge in [-0.1, -0.05) is 23.2 Å². The number of ether oxygens (including phenoxy) is 1. The summed E-state index contributed by atoms with van der Waals surface area (Å²) in [6.45, 7) is 3.00. The second-order valence-electron chi connectivity index (χ2n) is 7.49. The first kappa shape index (κ1) is 17.9. The molecule has 0 N–H and O–H groups in total. The van der Waals surface area contributed by atoms with Crippen LogP contribution in [0, 0.1) is 6.92 Å². The molecule has 6 heteroatoms. The fourth-order valence-electron chi connectivity index (χ4n) is 4.39. The van der Waals surface area contributed by atoms with E-state index in [4.69, 9.17) is 32.4 Å². The minimum atomic E-state index is -0.198. The average molecular weight is 416 g/mol. The first-order valence-electron chi connectivity index (χ1n) is 9.47. The number of anilines is 1. The van der Waals surface area contributed by atoms with Crippen LogP contribution in [0.4, 0.5) is 5.69 Å². The maximum absolute atomic E-state index is 12.5. The Bertz CT molecular complexity index is 1170. The Hall–Kier alpha value is -2.17. The molecule has 1 aromatic heterocycles. The number of hydrogen-bond donors (Lipinski definition) is 0. The highest BCUT2D eigenvalue weighted by molar-refractivity contribution is 6.36. The highest BCUT2D eigenvalue weighted by Gasteiger charge is 2.26. The van der Waals surface area contributed by atoms with Crippen molar-refractivity contribution in [3.8, 4) is 5.75 Å². The summed E-state index contributed by atoms with van der Waals surface area (Å²) in [5.41, 5.74) is 5.29. The van der Waals surface area contributed by atoms with Crippen molar-refractivity contribution in [3.63, 3.8) is 0 Å². The van der Waals surface area contributed by atoms with Crippen LogP contribution >= 0.6 is 23.2 Å². The predicted molar refractivity (Wildman–Crippen MR) is 112 cm³/mol. The fourth-order valence-corrected chi connectivity index (χ4v) is 4.92. The topological polar surface area (TPSA) is 42.7 Å². The van der Waals surface area contributed by atoms with Crippen LogP contribution in [0.15, 0.2) is 33.5 Å². The van der Waals surface area contributed by atoms with Crippen molar-refractivity contribution in [3.05, 3.63) is 67.0 Å². The third-order valence-corrected chi connectivity index (χ3v) is 6.28. The summed E-state index contributed by atoms with van der Waals surface area (Å²) >= 11 is 12.4. The van der Waals surface area contributed by atoms with Crippen LogP contribution in [0.25, 0.3) is 11.0 Å². The number of aryl methyl sites for hydroxylation is 2. The fraction of sp³-hybridized carbons (Fsp3) is 0.318. The second-order valence-corrected chi connectivity index (χ2v) is 8.33. The molecule has 0 unspecified atom stereocenters. The third kappa shape index (κ3) is 2.78. The largest absolute Gasteiger partial charge is 0.472 e. The van der Waals surface area contributed by atoms with Gasteiger partial charge in [-0.3, -0.25) is 0 Å². The zero-order valence-electron chi connectivity index (χ0n) is 15.5. The van der Waals surface area contributed by atoms with Gasteiger partial charge in [-0.2, -0.15) is 0 Å². The number of rotatable bonds is 1. The predicted octanol–water partition coefficient (Wildman–Crippen LogP) is 5.64. The maximum atomic E-state index is 12.5. The van der Waals surface area contributed by atoms with Crippen LogP contribution in [-0.2, 0) is 19.4 Å². The lowest BCUT2D eigenvalue weighted by atomic mass is 9.89. The highest BCUT2D eigenvalue weighted by Crippen LogP contribution is 2.40. The molecule has 2 aromatic carbocycles. The maximum Gasteiger partial charge on any atom is 0.339 e. The molecule has 0 amide bonds. The number of benzene rings is 2. The van der Waals surface area contributed by atoms with Gasteiger partial charge in [-0.15, -0.1) is 0 Å². The van der Waals surface area contributed by atoms with E-state index in [0.717, 1.165) is 64.8 Å². The van der Waals surface area contributed by atoms with Gasteiger partial charge in [0.2, 0.25) is 0 Å². The van der Waals surface area contributed by atoms with Gasteiger partial charge in [0.15, 0.2) is 6.73 Å². The lowest BCUT2D eigenvalue weighted by Gasteiger charge is -2.32. The number of nitrogens with zero attached hydrogens (tertiary/aromatic N) is 1. The quantitative estimate of drug-likeness (QED) is 0.482. The molecule has 0 saturated carbocycles. The Morgan fingerprint density at radius 2 is 1.86 bits per heavy atom. The normalized spacial score (nSPS) is 15.9. The second kappa shape index (κ2) is 6.71. The van der Waals surface area contributed by atoms with Crippen LogP contribution in [-0.4, -0.2) is 6.73 Å². The lowest BCUT2D eigenvalue weighted by Crippen LogP contribution is -2.32. The number of halogens is 2. The van der Waals surface area contributed by atoms with E-state index in [9.17, 15) is 4.79 Å². The van der Waals surface area contributed by atoms with Crippen molar-refractivity contribution >= 4 is 39.9 Å². The smallest absolute Gasteiger partial charge is 0.339 e. The molecule has 0 saturated heterocycles. The zero-order chi connectivity index (χ0) is 19.4.